The van der Waals surface area contributed by atoms with Crippen molar-refractivity contribution >= 4 is 33.5 Å². The fourth-order valence-corrected chi connectivity index (χ4v) is 5.99. The summed E-state index contributed by atoms with van der Waals surface area (Å²) in [6.07, 6.45) is 15.1. The van der Waals surface area contributed by atoms with Crippen molar-refractivity contribution in [2.45, 2.75) is 118 Å². The molecule has 0 aliphatic carbocycles. The molecular weight excluding hydrogens is 440 g/mol. The standard InChI is InChI=1S/C26H50O4S2/c1-5-9-13-15-17-23(25(27)29-19-11-7-3)21-31-32-22-24(18-16-14-10-6-2)26(28)30-20-12-8-4/h23-24H,5-22H2,1-4H3. The lowest BCUT2D eigenvalue weighted by Crippen LogP contribution is -2.22. The monoisotopic (exact) mass is 490 g/mol. The van der Waals surface area contributed by atoms with E-state index in [9.17, 15) is 9.59 Å². The van der Waals surface area contributed by atoms with Crippen LogP contribution in [0.25, 0.3) is 0 Å². The highest BCUT2D eigenvalue weighted by Gasteiger charge is 2.23. The van der Waals surface area contributed by atoms with Crippen molar-refractivity contribution in [1.82, 2.24) is 0 Å². The van der Waals surface area contributed by atoms with Crippen LogP contribution in [0.1, 0.15) is 118 Å². The number of hydrogen-bond acceptors (Lipinski definition) is 6. The van der Waals surface area contributed by atoms with Gasteiger partial charge >= 0.3 is 11.9 Å². The van der Waals surface area contributed by atoms with Gasteiger partial charge in [-0.05, 0) is 25.7 Å². The molecule has 32 heavy (non-hydrogen) atoms. The van der Waals surface area contributed by atoms with Gasteiger partial charge in [-0.25, -0.2) is 0 Å². The molecule has 0 aromatic carbocycles. The van der Waals surface area contributed by atoms with Gasteiger partial charge < -0.3 is 9.47 Å². The lowest BCUT2D eigenvalue weighted by Gasteiger charge is -2.17. The minimum Gasteiger partial charge on any atom is -0.465 e. The molecule has 0 N–H and O–H groups in total. The van der Waals surface area contributed by atoms with E-state index < -0.39 is 0 Å². The summed E-state index contributed by atoms with van der Waals surface area (Å²) in [5, 5.41) is 0. The first kappa shape index (κ1) is 31.6. The van der Waals surface area contributed by atoms with Crippen molar-refractivity contribution in [2.75, 3.05) is 24.7 Å². The van der Waals surface area contributed by atoms with Gasteiger partial charge in [0, 0.05) is 11.5 Å². The lowest BCUT2D eigenvalue weighted by molar-refractivity contribution is -0.149. The summed E-state index contributed by atoms with van der Waals surface area (Å²) in [7, 11) is 3.44. The van der Waals surface area contributed by atoms with E-state index in [1.165, 1.54) is 38.5 Å². The summed E-state index contributed by atoms with van der Waals surface area (Å²) in [6.45, 7) is 9.68. The molecule has 2 unspecified atom stereocenters. The molecule has 0 aromatic rings. The molecule has 0 heterocycles. The Morgan fingerprint density at radius 1 is 0.562 bits per heavy atom. The van der Waals surface area contributed by atoms with Crippen LogP contribution in [0.4, 0.5) is 0 Å². The molecule has 0 spiro atoms. The molecule has 0 saturated heterocycles. The molecule has 0 bridgehead atoms. The Morgan fingerprint density at radius 3 is 1.28 bits per heavy atom. The number of esters is 2. The molecule has 0 aliphatic heterocycles. The van der Waals surface area contributed by atoms with Crippen LogP contribution in [0.5, 0.6) is 0 Å². The van der Waals surface area contributed by atoms with Gasteiger partial charge in [0.2, 0.25) is 0 Å². The number of carbonyl (C=O) groups excluding carboxylic acids is 2. The summed E-state index contributed by atoms with van der Waals surface area (Å²) in [4.78, 5) is 25.1. The average Bonchev–Trinajstić information content (AvgIpc) is 2.79. The number of carbonyl (C=O) groups is 2. The third-order valence-electron chi connectivity index (χ3n) is 5.59. The van der Waals surface area contributed by atoms with Crippen LogP contribution in [0.15, 0.2) is 0 Å². The largest absolute Gasteiger partial charge is 0.465 e. The van der Waals surface area contributed by atoms with Crippen LogP contribution in [0.2, 0.25) is 0 Å². The maximum Gasteiger partial charge on any atom is 0.309 e. The van der Waals surface area contributed by atoms with E-state index in [4.69, 9.17) is 9.47 Å². The first-order chi connectivity index (χ1) is 15.6. The van der Waals surface area contributed by atoms with Crippen molar-refractivity contribution in [2.24, 2.45) is 11.8 Å². The van der Waals surface area contributed by atoms with E-state index >= 15 is 0 Å². The van der Waals surface area contributed by atoms with Crippen molar-refractivity contribution in [3.63, 3.8) is 0 Å². The van der Waals surface area contributed by atoms with E-state index in [0.29, 0.717) is 13.2 Å². The summed E-state index contributed by atoms with van der Waals surface area (Å²) in [5.74, 6) is 1.35. The summed E-state index contributed by atoms with van der Waals surface area (Å²) >= 11 is 0. The molecule has 4 nitrogen and oxygen atoms in total. The Bertz CT molecular complexity index is 406. The fraction of sp³-hybridized carbons (Fsp3) is 0.923. The Balaban J connectivity index is 4.55. The molecule has 2 atom stereocenters. The zero-order valence-corrected chi connectivity index (χ0v) is 23.0. The van der Waals surface area contributed by atoms with Gasteiger partial charge in [-0.3, -0.25) is 9.59 Å². The van der Waals surface area contributed by atoms with E-state index in [2.05, 4.69) is 27.7 Å². The molecule has 0 aromatic heterocycles. The van der Waals surface area contributed by atoms with E-state index in [1.54, 1.807) is 21.6 Å². The molecule has 0 radical (unpaired) electrons. The minimum atomic E-state index is -0.0434. The van der Waals surface area contributed by atoms with Crippen molar-refractivity contribution < 1.29 is 19.1 Å². The quantitative estimate of drug-likeness (QED) is 0.0816. The van der Waals surface area contributed by atoms with Crippen molar-refractivity contribution in [3.8, 4) is 0 Å². The highest BCUT2D eigenvalue weighted by atomic mass is 33.1. The van der Waals surface area contributed by atoms with E-state index in [0.717, 1.165) is 62.9 Å². The van der Waals surface area contributed by atoms with Crippen LogP contribution < -0.4 is 0 Å². The predicted octanol–water partition coefficient (Wildman–Crippen LogP) is 8.23. The third kappa shape index (κ3) is 18.1. The van der Waals surface area contributed by atoms with Gasteiger partial charge in [-0.1, -0.05) is 113 Å². The van der Waals surface area contributed by atoms with Gasteiger partial charge in [0.05, 0.1) is 25.0 Å². The Hall–Kier alpha value is -0.360. The van der Waals surface area contributed by atoms with E-state index in [1.807, 2.05) is 0 Å². The Kier molecular flexibility index (Phi) is 23.5. The normalized spacial score (nSPS) is 13.0. The summed E-state index contributed by atoms with van der Waals surface area (Å²) in [5.41, 5.74) is 0. The molecule has 0 rings (SSSR count). The van der Waals surface area contributed by atoms with Crippen LogP contribution in [0.3, 0.4) is 0 Å². The highest BCUT2D eigenvalue weighted by Crippen LogP contribution is 2.30. The predicted molar refractivity (Wildman–Crippen MR) is 141 cm³/mol. The lowest BCUT2D eigenvalue weighted by atomic mass is 10.0. The second-order valence-electron chi connectivity index (χ2n) is 8.70. The fourth-order valence-electron chi connectivity index (χ4n) is 3.30. The van der Waals surface area contributed by atoms with Gasteiger partial charge in [0.1, 0.15) is 0 Å². The number of hydrogen-bond donors (Lipinski definition) is 0. The molecule has 0 saturated carbocycles. The average molecular weight is 491 g/mol. The van der Waals surface area contributed by atoms with E-state index in [-0.39, 0.29) is 23.8 Å². The van der Waals surface area contributed by atoms with Crippen LogP contribution in [0, 0.1) is 11.8 Å². The third-order valence-corrected chi connectivity index (χ3v) is 8.15. The Labute approximate surface area is 206 Å². The number of unbranched alkanes of at least 4 members (excludes halogenated alkanes) is 8. The Morgan fingerprint density at radius 2 is 0.938 bits per heavy atom. The highest BCUT2D eigenvalue weighted by molar-refractivity contribution is 8.76. The molecule has 0 amide bonds. The zero-order valence-electron chi connectivity index (χ0n) is 21.3. The topological polar surface area (TPSA) is 52.6 Å². The summed E-state index contributed by atoms with van der Waals surface area (Å²) in [6, 6.07) is 0. The van der Waals surface area contributed by atoms with Gasteiger partial charge in [-0.15, -0.1) is 0 Å². The van der Waals surface area contributed by atoms with Crippen molar-refractivity contribution in [3.05, 3.63) is 0 Å². The smallest absolute Gasteiger partial charge is 0.309 e. The van der Waals surface area contributed by atoms with Gasteiger partial charge in [-0.2, -0.15) is 0 Å². The van der Waals surface area contributed by atoms with Crippen LogP contribution in [-0.2, 0) is 19.1 Å². The number of ether oxygens (including phenoxy) is 2. The first-order valence-corrected chi connectivity index (χ1v) is 15.7. The van der Waals surface area contributed by atoms with Crippen LogP contribution >= 0.6 is 21.6 Å². The second kappa shape index (κ2) is 23.8. The minimum absolute atomic E-state index is 0.0410. The molecule has 190 valence electrons. The van der Waals surface area contributed by atoms with Gasteiger partial charge in [0.25, 0.3) is 0 Å². The zero-order chi connectivity index (χ0) is 23.9. The van der Waals surface area contributed by atoms with Crippen LogP contribution in [-0.4, -0.2) is 36.7 Å². The first-order valence-electron chi connectivity index (χ1n) is 13.2. The maximum absolute atomic E-state index is 12.5. The molecule has 0 aliphatic rings. The van der Waals surface area contributed by atoms with Crippen molar-refractivity contribution in [1.29, 1.82) is 0 Å². The number of rotatable bonds is 23. The second-order valence-corrected chi connectivity index (χ2v) is 11.3. The summed E-state index contributed by atoms with van der Waals surface area (Å²) < 4.78 is 11.0. The van der Waals surface area contributed by atoms with Gasteiger partial charge in [0.15, 0.2) is 0 Å². The molecule has 0 fully saturated rings. The maximum atomic E-state index is 12.5. The molecule has 6 heteroatoms. The molecular formula is C26H50O4S2. The SMILES string of the molecule is CCCCCCC(CSSCC(CCCCCC)C(=O)OCCCC)C(=O)OCCCC.